The Balaban J connectivity index is 2.82. The Bertz CT molecular complexity index is 379. The zero-order valence-electron chi connectivity index (χ0n) is 10.5. The molecule has 1 rings (SSSR count). The second-order valence-electron chi connectivity index (χ2n) is 4.50. The molecule has 0 aromatic heterocycles. The van der Waals surface area contributed by atoms with E-state index in [1.807, 2.05) is 6.92 Å². The van der Waals surface area contributed by atoms with Crippen molar-refractivity contribution in [2.24, 2.45) is 5.92 Å². The third-order valence-electron chi connectivity index (χ3n) is 2.82. The number of hydrogen-bond donors (Lipinski definition) is 2. The zero-order chi connectivity index (χ0) is 13.8. The molecule has 0 aliphatic carbocycles. The lowest BCUT2D eigenvalue weighted by Crippen LogP contribution is -2.27. The molecule has 2 unspecified atom stereocenters. The fraction of sp³-hybridized carbons (Fsp3) is 0.538. The van der Waals surface area contributed by atoms with E-state index in [9.17, 15) is 13.2 Å². The van der Waals surface area contributed by atoms with Crippen molar-refractivity contribution in [1.82, 2.24) is 5.32 Å². The van der Waals surface area contributed by atoms with E-state index in [1.165, 1.54) is 12.1 Å². The van der Waals surface area contributed by atoms with Crippen molar-refractivity contribution in [2.75, 3.05) is 13.2 Å². The first-order chi connectivity index (χ1) is 8.36. The average Bonchev–Trinajstić information content (AvgIpc) is 2.34. The molecule has 0 amide bonds. The summed E-state index contributed by atoms with van der Waals surface area (Å²) in [5.41, 5.74) is -0.378. The van der Waals surface area contributed by atoms with Crippen LogP contribution in [0.15, 0.2) is 24.3 Å². The quantitative estimate of drug-likeness (QED) is 0.854. The van der Waals surface area contributed by atoms with Crippen LogP contribution in [0, 0.1) is 5.92 Å². The third-order valence-corrected chi connectivity index (χ3v) is 2.82. The highest BCUT2D eigenvalue weighted by atomic mass is 19.4. The molecule has 0 aliphatic heterocycles. The van der Waals surface area contributed by atoms with E-state index in [4.69, 9.17) is 5.11 Å². The highest BCUT2D eigenvalue weighted by Gasteiger charge is 2.34. The first kappa shape index (κ1) is 15.0. The zero-order valence-corrected chi connectivity index (χ0v) is 10.5. The predicted molar refractivity (Wildman–Crippen MR) is 64.1 cm³/mol. The summed E-state index contributed by atoms with van der Waals surface area (Å²) in [5.74, 6) is 0.0190. The van der Waals surface area contributed by atoms with Crippen molar-refractivity contribution in [3.63, 3.8) is 0 Å². The second-order valence-corrected chi connectivity index (χ2v) is 4.50. The monoisotopic (exact) mass is 261 g/mol. The molecule has 5 heteroatoms. The summed E-state index contributed by atoms with van der Waals surface area (Å²) < 4.78 is 38.4. The summed E-state index contributed by atoms with van der Waals surface area (Å²) in [5, 5.41) is 11.9. The summed E-state index contributed by atoms with van der Waals surface area (Å²) >= 11 is 0. The number of aliphatic hydroxyl groups excluding tert-OH is 1. The molecule has 102 valence electrons. The molecule has 18 heavy (non-hydrogen) atoms. The van der Waals surface area contributed by atoms with Gasteiger partial charge in [0.2, 0.25) is 0 Å². The predicted octanol–water partition coefficient (Wildman–Crippen LogP) is 2.98. The maximum absolute atomic E-state index is 12.8. The van der Waals surface area contributed by atoms with Gasteiger partial charge in [0.1, 0.15) is 0 Å². The van der Waals surface area contributed by atoms with Crippen LogP contribution in [0.2, 0.25) is 0 Å². The number of halogens is 3. The lowest BCUT2D eigenvalue weighted by atomic mass is 10.0. The summed E-state index contributed by atoms with van der Waals surface area (Å²) in [7, 11) is 0. The highest BCUT2D eigenvalue weighted by molar-refractivity contribution is 5.32. The van der Waals surface area contributed by atoms with Crippen molar-refractivity contribution in [2.45, 2.75) is 26.1 Å². The molecule has 0 saturated heterocycles. The van der Waals surface area contributed by atoms with Gasteiger partial charge in [-0.25, -0.2) is 0 Å². The summed E-state index contributed by atoms with van der Waals surface area (Å²) in [4.78, 5) is 0. The smallest absolute Gasteiger partial charge is 0.396 e. The van der Waals surface area contributed by atoms with E-state index >= 15 is 0 Å². The Hall–Kier alpha value is -1.07. The fourth-order valence-electron chi connectivity index (χ4n) is 1.69. The minimum atomic E-state index is -4.34. The molecule has 0 aliphatic rings. The molecule has 1 aromatic carbocycles. The van der Waals surface area contributed by atoms with Crippen LogP contribution in [0.4, 0.5) is 13.2 Å². The van der Waals surface area contributed by atoms with Crippen molar-refractivity contribution in [3.05, 3.63) is 35.4 Å². The van der Waals surface area contributed by atoms with Gasteiger partial charge in [0.15, 0.2) is 0 Å². The van der Waals surface area contributed by atoms with Gasteiger partial charge in [-0.3, -0.25) is 0 Å². The van der Waals surface area contributed by atoms with E-state index in [1.54, 1.807) is 13.0 Å². The molecule has 1 aromatic rings. The number of benzene rings is 1. The van der Waals surface area contributed by atoms with Crippen molar-refractivity contribution >= 4 is 0 Å². The largest absolute Gasteiger partial charge is 0.416 e. The van der Waals surface area contributed by atoms with Crippen molar-refractivity contribution in [3.8, 4) is 0 Å². The Kier molecular flexibility index (Phi) is 5.16. The van der Waals surface area contributed by atoms with Crippen LogP contribution in [0.25, 0.3) is 0 Å². The molecule has 0 radical (unpaired) electrons. The van der Waals surface area contributed by atoms with Crippen LogP contribution in [-0.2, 0) is 6.18 Å². The van der Waals surface area contributed by atoms with Crippen molar-refractivity contribution in [1.29, 1.82) is 0 Å². The van der Waals surface area contributed by atoms with Crippen LogP contribution in [0.5, 0.6) is 0 Å². The minimum Gasteiger partial charge on any atom is -0.396 e. The third kappa shape index (κ3) is 3.99. The maximum atomic E-state index is 12.8. The van der Waals surface area contributed by atoms with E-state index in [0.717, 1.165) is 6.07 Å². The van der Waals surface area contributed by atoms with E-state index in [-0.39, 0.29) is 18.1 Å². The Morgan fingerprint density at radius 2 is 1.83 bits per heavy atom. The van der Waals surface area contributed by atoms with E-state index in [0.29, 0.717) is 6.54 Å². The van der Waals surface area contributed by atoms with Gasteiger partial charge in [0.05, 0.1) is 5.56 Å². The number of aliphatic hydroxyl groups is 1. The second kappa shape index (κ2) is 6.20. The number of alkyl halides is 3. The Labute approximate surface area is 105 Å². The number of hydrogen-bond acceptors (Lipinski definition) is 2. The molecule has 0 spiro atoms. The fourth-order valence-corrected chi connectivity index (χ4v) is 1.69. The minimum absolute atomic E-state index is 0.0145. The molecule has 0 saturated carbocycles. The molecule has 0 heterocycles. The molecular weight excluding hydrogens is 243 g/mol. The number of rotatable bonds is 5. The molecule has 2 N–H and O–H groups in total. The summed E-state index contributed by atoms with van der Waals surface area (Å²) in [6, 6.07) is 5.14. The first-order valence-corrected chi connectivity index (χ1v) is 5.86. The SMILES string of the molecule is CC(CO)CNC(C)c1ccccc1C(F)(F)F. The van der Waals surface area contributed by atoms with E-state index in [2.05, 4.69) is 5.32 Å². The standard InChI is InChI=1S/C13H18F3NO/c1-9(8-18)7-17-10(2)11-5-3-4-6-12(11)13(14,15)16/h3-6,9-10,17-18H,7-8H2,1-2H3. The van der Waals surface area contributed by atoms with Crippen LogP contribution < -0.4 is 5.32 Å². The molecular formula is C13H18F3NO. The number of nitrogens with one attached hydrogen (secondary N) is 1. The van der Waals surface area contributed by atoms with Gasteiger partial charge in [-0.15, -0.1) is 0 Å². The molecule has 0 fully saturated rings. The van der Waals surface area contributed by atoms with E-state index < -0.39 is 17.8 Å². The first-order valence-electron chi connectivity index (χ1n) is 5.86. The molecule has 2 atom stereocenters. The summed E-state index contributed by atoms with van der Waals surface area (Å²) in [6.07, 6.45) is -4.34. The molecule has 2 nitrogen and oxygen atoms in total. The van der Waals surface area contributed by atoms with Gasteiger partial charge in [-0.1, -0.05) is 25.1 Å². The van der Waals surface area contributed by atoms with Gasteiger partial charge >= 0.3 is 6.18 Å². The average molecular weight is 261 g/mol. The van der Waals surface area contributed by atoms with Gasteiger partial charge in [0, 0.05) is 19.2 Å². The van der Waals surface area contributed by atoms with Gasteiger partial charge in [-0.2, -0.15) is 13.2 Å². The van der Waals surface area contributed by atoms with Crippen LogP contribution >= 0.6 is 0 Å². The van der Waals surface area contributed by atoms with Crippen LogP contribution in [0.3, 0.4) is 0 Å². The van der Waals surface area contributed by atoms with Gasteiger partial charge in [-0.05, 0) is 24.5 Å². The lowest BCUT2D eigenvalue weighted by Gasteiger charge is -2.20. The Morgan fingerprint density at radius 1 is 1.22 bits per heavy atom. The molecule has 0 bridgehead atoms. The maximum Gasteiger partial charge on any atom is 0.416 e. The highest BCUT2D eigenvalue weighted by Crippen LogP contribution is 2.34. The van der Waals surface area contributed by atoms with Crippen LogP contribution in [0.1, 0.15) is 31.0 Å². The van der Waals surface area contributed by atoms with Gasteiger partial charge < -0.3 is 10.4 Å². The topological polar surface area (TPSA) is 32.3 Å². The van der Waals surface area contributed by atoms with Gasteiger partial charge in [0.25, 0.3) is 0 Å². The normalized spacial score (nSPS) is 15.4. The lowest BCUT2D eigenvalue weighted by molar-refractivity contribution is -0.138. The van der Waals surface area contributed by atoms with Crippen molar-refractivity contribution < 1.29 is 18.3 Å². The summed E-state index contributed by atoms with van der Waals surface area (Å²) in [6.45, 7) is 4.01. The van der Waals surface area contributed by atoms with Crippen LogP contribution in [-0.4, -0.2) is 18.3 Å². The Morgan fingerprint density at radius 3 is 2.39 bits per heavy atom.